The molecule has 0 spiro atoms. The van der Waals surface area contributed by atoms with Gasteiger partial charge in [0.25, 0.3) is 0 Å². The van der Waals surface area contributed by atoms with Crippen molar-refractivity contribution in [3.8, 4) is 0 Å². The minimum absolute atomic E-state index is 0. The molecule has 1 aliphatic heterocycles. The lowest BCUT2D eigenvalue weighted by Gasteiger charge is -2.35. The largest absolute Gasteiger partial charge is 0.370 e. The number of aliphatic imine (C=N–C) groups is 1. The summed E-state index contributed by atoms with van der Waals surface area (Å²) in [5.41, 5.74) is 6.06. The topological polar surface area (TPSA) is 57.8 Å². The van der Waals surface area contributed by atoms with Gasteiger partial charge in [0.15, 0.2) is 11.1 Å². The standard InChI is InChI=1S/C13H21N5S.HI/c14-12(15-4-3-11-1-2-11)17-6-8-18(9-7-17)13-16-5-10-19-13;/h5,10-11H,1-4,6-9H2,(H2,14,15);1H. The van der Waals surface area contributed by atoms with Crippen LogP contribution in [-0.4, -0.2) is 48.6 Å². The Hall–Kier alpha value is -0.570. The first-order valence-electron chi connectivity index (χ1n) is 7.02. The maximum absolute atomic E-state index is 6.06. The quantitative estimate of drug-likeness (QED) is 0.471. The van der Waals surface area contributed by atoms with E-state index < -0.39 is 0 Å². The van der Waals surface area contributed by atoms with Crippen LogP contribution in [0.5, 0.6) is 0 Å². The van der Waals surface area contributed by atoms with Crippen molar-refractivity contribution >= 4 is 46.4 Å². The fourth-order valence-electron chi connectivity index (χ4n) is 2.37. The third-order valence-electron chi connectivity index (χ3n) is 3.80. The van der Waals surface area contributed by atoms with Crippen LogP contribution in [0.2, 0.25) is 0 Å². The molecule has 0 radical (unpaired) electrons. The number of aromatic nitrogens is 1. The van der Waals surface area contributed by atoms with E-state index in [1.165, 1.54) is 19.3 Å². The lowest BCUT2D eigenvalue weighted by Crippen LogP contribution is -2.51. The first-order chi connectivity index (χ1) is 9.33. The molecule has 2 N–H and O–H groups in total. The zero-order chi connectivity index (χ0) is 13.1. The predicted molar refractivity (Wildman–Crippen MR) is 95.1 cm³/mol. The van der Waals surface area contributed by atoms with Gasteiger partial charge in [0.1, 0.15) is 0 Å². The first-order valence-corrected chi connectivity index (χ1v) is 7.90. The average molecular weight is 407 g/mol. The molecule has 112 valence electrons. The van der Waals surface area contributed by atoms with Gasteiger partial charge in [-0.2, -0.15) is 0 Å². The van der Waals surface area contributed by atoms with Crippen LogP contribution in [0.1, 0.15) is 19.3 Å². The van der Waals surface area contributed by atoms with Crippen LogP contribution >= 0.6 is 35.3 Å². The highest BCUT2D eigenvalue weighted by atomic mass is 127. The van der Waals surface area contributed by atoms with Gasteiger partial charge in [-0.3, -0.25) is 4.99 Å². The smallest absolute Gasteiger partial charge is 0.191 e. The highest BCUT2D eigenvalue weighted by molar-refractivity contribution is 14.0. The number of piperazine rings is 1. The Bertz CT molecular complexity index is 424. The van der Waals surface area contributed by atoms with Gasteiger partial charge < -0.3 is 15.5 Å². The Morgan fingerprint density at radius 2 is 2.10 bits per heavy atom. The number of halogens is 1. The van der Waals surface area contributed by atoms with Crippen molar-refractivity contribution in [3.63, 3.8) is 0 Å². The number of hydrogen-bond acceptors (Lipinski definition) is 4. The summed E-state index contributed by atoms with van der Waals surface area (Å²) in [4.78, 5) is 13.4. The molecule has 5 nitrogen and oxygen atoms in total. The minimum Gasteiger partial charge on any atom is -0.370 e. The first kappa shape index (κ1) is 15.8. The van der Waals surface area contributed by atoms with Crippen LogP contribution in [0.4, 0.5) is 5.13 Å². The van der Waals surface area contributed by atoms with Gasteiger partial charge >= 0.3 is 0 Å². The van der Waals surface area contributed by atoms with Crippen LogP contribution in [0.25, 0.3) is 0 Å². The number of anilines is 1. The van der Waals surface area contributed by atoms with E-state index in [0.29, 0.717) is 0 Å². The van der Waals surface area contributed by atoms with Crippen LogP contribution in [0.3, 0.4) is 0 Å². The number of nitrogens with zero attached hydrogens (tertiary/aromatic N) is 4. The number of hydrogen-bond donors (Lipinski definition) is 1. The van der Waals surface area contributed by atoms with Crippen molar-refractivity contribution in [3.05, 3.63) is 11.6 Å². The molecule has 2 fully saturated rings. The normalized spacial score (nSPS) is 19.9. The highest BCUT2D eigenvalue weighted by Gasteiger charge is 2.21. The van der Waals surface area contributed by atoms with Crippen LogP contribution in [-0.2, 0) is 0 Å². The van der Waals surface area contributed by atoms with E-state index in [2.05, 4.69) is 19.8 Å². The lowest BCUT2D eigenvalue weighted by atomic mass is 10.3. The second-order valence-corrected chi connectivity index (χ2v) is 6.13. The molecule has 3 rings (SSSR count). The van der Waals surface area contributed by atoms with Gasteiger partial charge in [-0.25, -0.2) is 4.98 Å². The summed E-state index contributed by atoms with van der Waals surface area (Å²) in [5, 5.41) is 3.14. The van der Waals surface area contributed by atoms with Crippen LogP contribution in [0, 0.1) is 5.92 Å². The minimum atomic E-state index is 0. The van der Waals surface area contributed by atoms with E-state index in [-0.39, 0.29) is 24.0 Å². The zero-order valence-corrected chi connectivity index (χ0v) is 14.7. The van der Waals surface area contributed by atoms with Crippen molar-refractivity contribution < 1.29 is 0 Å². The van der Waals surface area contributed by atoms with E-state index >= 15 is 0 Å². The molecular weight excluding hydrogens is 385 g/mol. The molecule has 0 bridgehead atoms. The molecule has 1 saturated carbocycles. The zero-order valence-electron chi connectivity index (χ0n) is 11.6. The van der Waals surface area contributed by atoms with Gasteiger partial charge in [0.2, 0.25) is 0 Å². The van der Waals surface area contributed by atoms with Gasteiger partial charge in [-0.1, -0.05) is 12.8 Å². The monoisotopic (exact) mass is 407 g/mol. The van der Waals surface area contributed by atoms with Gasteiger partial charge in [-0.05, 0) is 12.3 Å². The fraction of sp³-hybridized carbons (Fsp3) is 0.692. The second-order valence-electron chi connectivity index (χ2n) is 5.26. The molecule has 0 atom stereocenters. The molecule has 1 aliphatic carbocycles. The number of nitrogens with two attached hydrogens (primary N) is 1. The SMILES string of the molecule is I.NC(=NCCC1CC1)N1CCN(c2nccs2)CC1. The summed E-state index contributed by atoms with van der Waals surface area (Å²) in [6, 6.07) is 0. The molecule has 1 saturated heterocycles. The Labute approximate surface area is 141 Å². The number of rotatable bonds is 4. The van der Waals surface area contributed by atoms with Crippen molar-refractivity contribution in [1.29, 1.82) is 0 Å². The summed E-state index contributed by atoms with van der Waals surface area (Å²) in [5.74, 6) is 1.65. The van der Waals surface area contributed by atoms with Crippen LogP contribution in [0.15, 0.2) is 16.6 Å². The molecule has 0 amide bonds. The van der Waals surface area contributed by atoms with Crippen molar-refractivity contribution in [2.24, 2.45) is 16.6 Å². The summed E-state index contributed by atoms with van der Waals surface area (Å²) in [7, 11) is 0. The molecule has 2 heterocycles. The average Bonchev–Trinajstić information content (AvgIpc) is 3.10. The van der Waals surface area contributed by atoms with Crippen LogP contribution < -0.4 is 10.6 Å². The Kier molecular flexibility index (Phi) is 5.88. The van der Waals surface area contributed by atoms with Gasteiger partial charge in [-0.15, -0.1) is 35.3 Å². The van der Waals surface area contributed by atoms with Crippen molar-refractivity contribution in [2.75, 3.05) is 37.6 Å². The van der Waals surface area contributed by atoms with Gasteiger partial charge in [0.05, 0.1) is 0 Å². The maximum atomic E-state index is 6.06. The maximum Gasteiger partial charge on any atom is 0.191 e. The van der Waals surface area contributed by atoms with E-state index in [0.717, 1.165) is 49.7 Å². The summed E-state index contributed by atoms with van der Waals surface area (Å²) >= 11 is 1.70. The number of thiazole rings is 1. The third-order valence-corrected chi connectivity index (χ3v) is 4.63. The molecule has 1 aromatic rings. The lowest BCUT2D eigenvalue weighted by molar-refractivity contribution is 0.380. The molecule has 20 heavy (non-hydrogen) atoms. The Morgan fingerprint density at radius 3 is 2.70 bits per heavy atom. The third kappa shape index (κ3) is 4.21. The number of guanidine groups is 1. The van der Waals surface area contributed by atoms with Crippen molar-refractivity contribution in [1.82, 2.24) is 9.88 Å². The van der Waals surface area contributed by atoms with E-state index in [4.69, 9.17) is 5.73 Å². The van der Waals surface area contributed by atoms with E-state index in [9.17, 15) is 0 Å². The second kappa shape index (κ2) is 7.44. The summed E-state index contributed by atoms with van der Waals surface area (Å²) in [6.07, 6.45) is 5.85. The fourth-order valence-corrected chi connectivity index (χ4v) is 3.06. The van der Waals surface area contributed by atoms with Crippen molar-refractivity contribution in [2.45, 2.75) is 19.3 Å². The molecule has 0 aromatic carbocycles. The Morgan fingerprint density at radius 1 is 1.35 bits per heavy atom. The molecule has 2 aliphatic rings. The molecule has 7 heteroatoms. The van der Waals surface area contributed by atoms with E-state index in [1.807, 2.05) is 11.6 Å². The summed E-state index contributed by atoms with van der Waals surface area (Å²) < 4.78 is 0. The molecule has 0 unspecified atom stereocenters. The predicted octanol–water partition coefficient (Wildman–Crippen LogP) is 2.00. The highest BCUT2D eigenvalue weighted by Crippen LogP contribution is 2.32. The molecule has 1 aromatic heterocycles. The van der Waals surface area contributed by atoms with Gasteiger partial charge in [0, 0.05) is 44.3 Å². The molecular formula is C13H22IN5S. The van der Waals surface area contributed by atoms with E-state index in [1.54, 1.807) is 11.3 Å². The Balaban J connectivity index is 0.00000147. The summed E-state index contributed by atoms with van der Waals surface area (Å²) in [6.45, 7) is 4.73.